The van der Waals surface area contributed by atoms with Crippen molar-refractivity contribution >= 4 is 65.0 Å². The Morgan fingerprint density at radius 2 is 2.00 bits per heavy atom. The Bertz CT molecular complexity index is 1190. The molecule has 3 N–H and O–H groups in total. The first-order chi connectivity index (χ1) is 17.3. The van der Waals surface area contributed by atoms with E-state index in [1.165, 1.54) is 31.5 Å². The van der Waals surface area contributed by atoms with Crippen molar-refractivity contribution in [1.82, 2.24) is 15.3 Å². The first kappa shape index (κ1) is 31.4. The number of sulfonamides is 1. The maximum absolute atomic E-state index is 13.7. The van der Waals surface area contributed by atoms with Gasteiger partial charge in [-0.3, -0.25) is 0 Å². The molecular weight excluding hydrogens is 583 g/mol. The van der Waals surface area contributed by atoms with E-state index in [0.29, 0.717) is 11.6 Å². The van der Waals surface area contributed by atoms with Gasteiger partial charge < -0.3 is 25.0 Å². The van der Waals surface area contributed by atoms with Crippen molar-refractivity contribution in [3.05, 3.63) is 34.4 Å². The molecule has 37 heavy (non-hydrogen) atoms. The second-order valence-electron chi connectivity index (χ2n) is 8.93. The van der Waals surface area contributed by atoms with E-state index in [1.54, 1.807) is 0 Å². The molecule has 2 aromatic rings. The number of hydrogen-bond acceptors (Lipinski definition) is 9. The molecule has 0 aliphatic heterocycles. The first-order valence-corrected chi connectivity index (χ1v) is 17.9. The Labute approximate surface area is 231 Å². The van der Waals surface area contributed by atoms with Crippen LogP contribution in [0.3, 0.4) is 0 Å². The molecule has 0 spiro atoms. The van der Waals surface area contributed by atoms with Crippen molar-refractivity contribution in [3.8, 4) is 5.88 Å². The molecule has 0 saturated heterocycles. The minimum Gasteiger partial charge on any atom is -0.478 e. The van der Waals surface area contributed by atoms with Gasteiger partial charge >= 0.3 is 6.09 Å². The molecule has 0 saturated carbocycles. The van der Waals surface area contributed by atoms with Crippen LogP contribution in [0.4, 0.5) is 10.6 Å². The normalized spacial score (nSPS) is 12.7. The molecule has 16 heteroatoms. The van der Waals surface area contributed by atoms with Gasteiger partial charge in [0.2, 0.25) is 5.82 Å². The molecule has 1 heterocycles. The van der Waals surface area contributed by atoms with Gasteiger partial charge in [-0.1, -0.05) is 48.9 Å². The average Bonchev–Trinajstić information content (AvgIpc) is 2.82. The van der Waals surface area contributed by atoms with Crippen molar-refractivity contribution in [1.29, 1.82) is 0 Å². The second-order valence-corrected chi connectivity index (χ2v) is 18.2. The lowest BCUT2D eigenvalue weighted by Crippen LogP contribution is -2.38. The standard InChI is InChI=1S/C21H30Cl2N4O7S2Si/c1-33-20-19(24-10-17(26-20)35-12-14(11-28)25-21(29)30)27(13-34-8-9-37(2,3)4)36(31,32)16-7-5-6-15(22)18(16)23/h5-7,10,14,25,28H,8-9,11-13H2,1-4H3,(H,29,30)/t14-/m1/s1. The molecule has 0 radical (unpaired) electrons. The number of ether oxygens (including phenoxy) is 2. The summed E-state index contributed by atoms with van der Waals surface area (Å²) in [7, 11) is -4.43. The van der Waals surface area contributed by atoms with Crippen LogP contribution in [0.2, 0.25) is 35.7 Å². The summed E-state index contributed by atoms with van der Waals surface area (Å²) in [6.45, 7) is 6.08. The van der Waals surface area contributed by atoms with Gasteiger partial charge in [-0.25, -0.2) is 27.5 Å². The van der Waals surface area contributed by atoms with E-state index in [4.69, 9.17) is 37.8 Å². The van der Waals surface area contributed by atoms with E-state index in [1.807, 2.05) is 0 Å². The van der Waals surface area contributed by atoms with Crippen LogP contribution in [0.15, 0.2) is 34.3 Å². The molecule has 206 valence electrons. The van der Waals surface area contributed by atoms with Crippen LogP contribution in [-0.2, 0) is 14.8 Å². The van der Waals surface area contributed by atoms with E-state index in [0.717, 1.165) is 22.1 Å². The van der Waals surface area contributed by atoms with Crippen LogP contribution in [0.5, 0.6) is 5.88 Å². The fourth-order valence-corrected chi connectivity index (χ4v) is 6.43. The maximum Gasteiger partial charge on any atom is 0.404 e. The third kappa shape index (κ3) is 9.16. The summed E-state index contributed by atoms with van der Waals surface area (Å²) < 4.78 is 39.4. The monoisotopic (exact) mass is 612 g/mol. The molecule has 0 fully saturated rings. The lowest BCUT2D eigenvalue weighted by Gasteiger charge is -2.25. The highest BCUT2D eigenvalue weighted by Gasteiger charge is 2.32. The smallest absolute Gasteiger partial charge is 0.404 e. The van der Waals surface area contributed by atoms with Gasteiger partial charge in [0, 0.05) is 20.4 Å². The highest BCUT2D eigenvalue weighted by atomic mass is 35.5. The number of hydrogen-bond donors (Lipinski definition) is 3. The number of halogens is 2. The molecule has 1 atom stereocenters. The topological polar surface area (TPSA) is 151 Å². The van der Waals surface area contributed by atoms with Crippen molar-refractivity contribution in [3.63, 3.8) is 0 Å². The number of amides is 1. The summed E-state index contributed by atoms with van der Waals surface area (Å²) in [5, 5.41) is 20.7. The van der Waals surface area contributed by atoms with E-state index >= 15 is 0 Å². The Kier molecular flexibility index (Phi) is 11.7. The van der Waals surface area contributed by atoms with Crippen molar-refractivity contribution in [2.45, 2.75) is 41.6 Å². The Morgan fingerprint density at radius 1 is 1.30 bits per heavy atom. The van der Waals surface area contributed by atoms with Crippen molar-refractivity contribution < 1.29 is 32.9 Å². The number of carboxylic acid groups (broad SMARTS) is 1. The Hall–Kier alpha value is -1.81. The number of nitrogens with zero attached hydrogens (tertiary/aromatic N) is 3. The number of anilines is 1. The number of aliphatic hydroxyl groups is 1. The second kappa shape index (κ2) is 13.8. The summed E-state index contributed by atoms with van der Waals surface area (Å²) in [6.07, 6.45) is 0.0512. The van der Waals surface area contributed by atoms with Crippen LogP contribution < -0.4 is 14.4 Å². The highest BCUT2D eigenvalue weighted by Crippen LogP contribution is 2.35. The van der Waals surface area contributed by atoms with Crippen LogP contribution in [-0.4, -0.2) is 81.6 Å². The number of thioether (sulfide) groups is 1. The van der Waals surface area contributed by atoms with Crippen LogP contribution >= 0.6 is 35.0 Å². The fraction of sp³-hybridized carbons (Fsp3) is 0.476. The van der Waals surface area contributed by atoms with E-state index in [-0.39, 0.29) is 39.1 Å². The molecule has 0 unspecified atom stereocenters. The molecule has 0 aliphatic carbocycles. The van der Waals surface area contributed by atoms with Crippen LogP contribution in [0.25, 0.3) is 0 Å². The summed E-state index contributed by atoms with van der Waals surface area (Å²) in [5.74, 6) is -0.0783. The molecular formula is C21H30Cl2N4O7S2Si. The molecule has 1 amide bonds. The zero-order valence-electron chi connectivity index (χ0n) is 20.8. The minimum absolute atomic E-state index is 0.0700. The van der Waals surface area contributed by atoms with E-state index in [9.17, 15) is 18.3 Å². The van der Waals surface area contributed by atoms with E-state index in [2.05, 4.69) is 34.9 Å². The minimum atomic E-state index is -4.31. The van der Waals surface area contributed by atoms with Gasteiger partial charge in [0.25, 0.3) is 15.9 Å². The molecule has 11 nitrogen and oxygen atoms in total. The maximum atomic E-state index is 13.7. The Balaban J connectivity index is 2.42. The third-order valence-corrected chi connectivity index (χ3v) is 10.3. The van der Waals surface area contributed by atoms with Gasteiger partial charge in [0.05, 0.1) is 36.0 Å². The average molecular weight is 614 g/mol. The quantitative estimate of drug-likeness (QED) is 0.123. The number of rotatable bonds is 14. The van der Waals surface area contributed by atoms with Crippen molar-refractivity contribution in [2.24, 2.45) is 0 Å². The third-order valence-electron chi connectivity index (χ3n) is 4.80. The largest absolute Gasteiger partial charge is 0.478 e. The number of carbonyl (C=O) groups is 1. The predicted molar refractivity (Wildman–Crippen MR) is 146 cm³/mol. The summed E-state index contributed by atoms with van der Waals surface area (Å²) >= 11 is 13.4. The molecule has 0 bridgehead atoms. The van der Waals surface area contributed by atoms with Crippen LogP contribution in [0, 0.1) is 0 Å². The van der Waals surface area contributed by atoms with E-state index < -0.39 is 36.8 Å². The lowest BCUT2D eigenvalue weighted by atomic mass is 10.4. The molecule has 1 aromatic heterocycles. The fourth-order valence-electron chi connectivity index (χ4n) is 2.80. The molecule has 1 aromatic carbocycles. The van der Waals surface area contributed by atoms with Gasteiger partial charge in [0.1, 0.15) is 16.7 Å². The van der Waals surface area contributed by atoms with Crippen LogP contribution in [0.1, 0.15) is 0 Å². The molecule has 0 aliphatic rings. The summed E-state index contributed by atoms with van der Waals surface area (Å²) in [4.78, 5) is 19.2. The number of aliphatic hydroxyl groups excluding tert-OH is 1. The molecule has 2 rings (SSSR count). The summed E-state index contributed by atoms with van der Waals surface area (Å²) in [6, 6.07) is 4.34. The number of nitrogens with one attached hydrogen (secondary N) is 1. The number of aromatic nitrogens is 2. The van der Waals surface area contributed by atoms with Gasteiger partial charge in [-0.2, -0.15) is 0 Å². The van der Waals surface area contributed by atoms with Gasteiger partial charge in [0.15, 0.2) is 0 Å². The number of benzene rings is 1. The zero-order valence-corrected chi connectivity index (χ0v) is 24.9. The predicted octanol–water partition coefficient (Wildman–Crippen LogP) is 4.02. The SMILES string of the molecule is COc1nc(SC[C@@H](CO)NC(=O)O)cnc1N(COCC[Si](C)(C)C)S(=O)(=O)c1cccc(Cl)c1Cl. The van der Waals surface area contributed by atoms with Crippen molar-refractivity contribution in [2.75, 3.05) is 37.1 Å². The lowest BCUT2D eigenvalue weighted by molar-refractivity contribution is 0.155. The van der Waals surface area contributed by atoms with Gasteiger partial charge in [-0.15, -0.1) is 11.8 Å². The summed E-state index contributed by atoms with van der Waals surface area (Å²) in [5.41, 5.74) is 0. The Morgan fingerprint density at radius 3 is 2.59 bits per heavy atom. The highest BCUT2D eigenvalue weighted by molar-refractivity contribution is 7.99. The first-order valence-electron chi connectivity index (χ1n) is 11.0. The van der Waals surface area contributed by atoms with Gasteiger partial charge in [-0.05, 0) is 18.2 Å². The zero-order chi connectivity index (χ0) is 27.8. The number of methoxy groups -OCH3 is 1.